The number of hydrogen-bond donors (Lipinski definition) is 0. The lowest BCUT2D eigenvalue weighted by Crippen LogP contribution is -2.50. The molecule has 0 N–H and O–H groups in total. The predicted molar refractivity (Wildman–Crippen MR) is 106 cm³/mol. The highest BCUT2D eigenvalue weighted by atomic mass is 35.5. The summed E-state index contributed by atoms with van der Waals surface area (Å²) in [5.41, 5.74) is 2.20. The molecule has 2 bridgehead atoms. The number of nitrogens with zero attached hydrogens (tertiary/aromatic N) is 1. The van der Waals surface area contributed by atoms with Gasteiger partial charge in [0.05, 0.1) is 27.6 Å². The van der Waals surface area contributed by atoms with Crippen molar-refractivity contribution in [1.82, 2.24) is 0 Å². The van der Waals surface area contributed by atoms with E-state index in [0.717, 1.165) is 16.0 Å². The molecule has 3 aliphatic rings. The number of carbonyl (C=O) groups is 2. The van der Waals surface area contributed by atoms with Crippen molar-refractivity contribution in [2.75, 3.05) is 4.90 Å². The maximum Gasteiger partial charge on any atom is 0.240 e. The molecule has 4 rings (SSSR count). The van der Waals surface area contributed by atoms with Crippen LogP contribution in [0, 0.1) is 25.7 Å². The molecule has 3 nitrogen and oxygen atoms in total. The van der Waals surface area contributed by atoms with Crippen molar-refractivity contribution in [2.45, 2.75) is 27.9 Å². The summed E-state index contributed by atoms with van der Waals surface area (Å²) in [4.78, 5) is 24.1. The number of anilines is 1. The summed E-state index contributed by atoms with van der Waals surface area (Å²) in [5, 5.41) is -0.183. The lowest BCUT2D eigenvalue weighted by Gasteiger charge is -2.34. The van der Waals surface area contributed by atoms with Crippen LogP contribution >= 0.6 is 69.6 Å². The van der Waals surface area contributed by atoms with E-state index in [1.165, 1.54) is 0 Å². The molecule has 2 aliphatic carbocycles. The number of halogens is 6. The number of benzene rings is 1. The average molecular weight is 474 g/mol. The number of carbonyl (C=O) groups excluding carboxylic acids is 2. The molecule has 1 aliphatic heterocycles. The molecule has 0 spiro atoms. The lowest BCUT2D eigenvalue weighted by molar-refractivity contribution is -0.123. The minimum atomic E-state index is -1.91. The number of amides is 2. The van der Waals surface area contributed by atoms with Crippen LogP contribution in [-0.2, 0) is 9.59 Å². The highest BCUT2D eigenvalue weighted by Gasteiger charge is 2.87. The van der Waals surface area contributed by atoms with E-state index in [2.05, 4.69) is 0 Å². The smallest absolute Gasteiger partial charge is 0.240 e. The van der Waals surface area contributed by atoms with Crippen molar-refractivity contribution >= 4 is 87.1 Å². The first-order valence-corrected chi connectivity index (χ1v) is 9.96. The second-order valence-corrected chi connectivity index (χ2v) is 10.1. The maximum atomic E-state index is 13.3. The van der Waals surface area contributed by atoms with Crippen molar-refractivity contribution in [3.63, 3.8) is 0 Å². The van der Waals surface area contributed by atoms with Gasteiger partial charge < -0.3 is 0 Å². The van der Waals surface area contributed by atoms with E-state index in [0.29, 0.717) is 5.69 Å². The fourth-order valence-corrected chi connectivity index (χ4v) is 7.14. The van der Waals surface area contributed by atoms with E-state index in [9.17, 15) is 9.59 Å². The first-order chi connectivity index (χ1) is 11.9. The van der Waals surface area contributed by atoms with Gasteiger partial charge in [-0.3, -0.25) is 9.59 Å². The van der Waals surface area contributed by atoms with Crippen LogP contribution in [0.1, 0.15) is 11.1 Å². The van der Waals surface area contributed by atoms with Crippen LogP contribution in [0.2, 0.25) is 0 Å². The maximum absolute atomic E-state index is 13.3. The summed E-state index contributed by atoms with van der Waals surface area (Å²) in [6.07, 6.45) is 0. The molecular formula is C17H11Cl6NO2. The fourth-order valence-electron chi connectivity index (χ4n) is 4.21. The van der Waals surface area contributed by atoms with Gasteiger partial charge in [-0.15, -0.1) is 23.2 Å². The summed E-state index contributed by atoms with van der Waals surface area (Å²) in [5.74, 6) is -3.31. The summed E-state index contributed by atoms with van der Waals surface area (Å²) in [6.45, 7) is 3.71. The largest absolute Gasteiger partial charge is 0.274 e. The van der Waals surface area contributed by atoms with Crippen LogP contribution in [0.4, 0.5) is 5.69 Å². The molecule has 2 fully saturated rings. The molecule has 0 radical (unpaired) electrons. The Kier molecular flexibility index (Phi) is 4.03. The molecule has 26 heavy (non-hydrogen) atoms. The second-order valence-electron chi connectivity index (χ2n) is 6.81. The highest BCUT2D eigenvalue weighted by molar-refractivity contribution is 6.67. The normalized spacial score (nSPS) is 37.8. The Labute approximate surface area is 180 Å². The number of fused-ring (bicyclic) bond motifs is 5. The molecule has 2 amide bonds. The van der Waals surface area contributed by atoms with Crippen LogP contribution in [0.15, 0.2) is 28.3 Å². The number of rotatable bonds is 1. The van der Waals surface area contributed by atoms with Gasteiger partial charge >= 0.3 is 0 Å². The zero-order valence-corrected chi connectivity index (χ0v) is 18.0. The quantitative estimate of drug-likeness (QED) is 0.412. The number of alkyl halides is 4. The summed E-state index contributed by atoms with van der Waals surface area (Å²) < 4.78 is -1.91. The van der Waals surface area contributed by atoms with Crippen molar-refractivity contribution in [1.29, 1.82) is 0 Å². The summed E-state index contributed by atoms with van der Waals surface area (Å²) in [6, 6.07) is 5.34. The first-order valence-electron chi connectivity index (χ1n) is 7.70. The minimum Gasteiger partial charge on any atom is -0.274 e. The number of allylic oxidation sites excluding steroid dienone is 2. The van der Waals surface area contributed by atoms with Gasteiger partial charge in [-0.2, -0.15) is 0 Å². The molecule has 1 aromatic rings. The number of aryl methyl sites for hydroxylation is 1. The van der Waals surface area contributed by atoms with E-state index in [1.807, 2.05) is 19.9 Å². The minimum absolute atomic E-state index is 0.0916. The van der Waals surface area contributed by atoms with E-state index in [-0.39, 0.29) is 10.1 Å². The van der Waals surface area contributed by atoms with Crippen molar-refractivity contribution in [3.8, 4) is 0 Å². The van der Waals surface area contributed by atoms with Gasteiger partial charge in [-0.25, -0.2) is 4.90 Å². The van der Waals surface area contributed by atoms with E-state index in [4.69, 9.17) is 69.6 Å². The summed E-state index contributed by atoms with van der Waals surface area (Å²) in [7, 11) is 0. The van der Waals surface area contributed by atoms with Crippen LogP contribution in [0.3, 0.4) is 0 Å². The monoisotopic (exact) mass is 471 g/mol. The Morgan fingerprint density at radius 3 is 1.81 bits per heavy atom. The molecule has 1 heterocycles. The van der Waals surface area contributed by atoms with Crippen LogP contribution in [-0.4, -0.2) is 25.9 Å². The van der Waals surface area contributed by atoms with E-state index >= 15 is 0 Å². The average Bonchev–Trinajstić information content (AvgIpc) is 2.95. The van der Waals surface area contributed by atoms with E-state index in [1.54, 1.807) is 12.1 Å². The van der Waals surface area contributed by atoms with Gasteiger partial charge in [-0.1, -0.05) is 58.5 Å². The molecule has 4 atom stereocenters. The number of imide groups is 1. The van der Waals surface area contributed by atoms with Gasteiger partial charge in [0.15, 0.2) is 4.33 Å². The fraction of sp³-hybridized carbons (Fsp3) is 0.412. The molecule has 9 heteroatoms. The van der Waals surface area contributed by atoms with Crippen LogP contribution in [0.25, 0.3) is 0 Å². The van der Waals surface area contributed by atoms with E-state index < -0.39 is 37.7 Å². The zero-order chi connectivity index (χ0) is 19.4. The molecular weight excluding hydrogens is 463 g/mol. The SMILES string of the molecule is Cc1cccc(N2C(=O)[C@@H]3[C@@H](C2=O)[C@@]2(Cl)C(Cl)=C(Cl)[C@@]3(Cl)C2(Cl)Cl)c1C. The first kappa shape index (κ1) is 19.2. The molecule has 1 saturated carbocycles. The predicted octanol–water partition coefficient (Wildman–Crippen LogP) is 5.25. The van der Waals surface area contributed by atoms with Gasteiger partial charge in [0.2, 0.25) is 11.8 Å². The number of hydrogen-bond acceptors (Lipinski definition) is 2. The Morgan fingerprint density at radius 1 is 0.885 bits per heavy atom. The second kappa shape index (κ2) is 5.46. The molecule has 0 aromatic heterocycles. The van der Waals surface area contributed by atoms with Gasteiger partial charge in [0.25, 0.3) is 0 Å². The molecule has 1 aromatic carbocycles. The highest BCUT2D eigenvalue weighted by Crippen LogP contribution is 2.77. The van der Waals surface area contributed by atoms with Crippen molar-refractivity contribution in [2.24, 2.45) is 11.8 Å². The lowest BCUT2D eigenvalue weighted by atomic mass is 9.84. The third kappa shape index (κ3) is 1.77. The summed E-state index contributed by atoms with van der Waals surface area (Å²) >= 11 is 38.9. The van der Waals surface area contributed by atoms with Crippen LogP contribution in [0.5, 0.6) is 0 Å². The standard InChI is InChI=1S/C17H11Cl6NO2/c1-6-4-3-5-8(7(6)2)24-13(25)9-10(14(24)26)16(21)12(19)11(18)15(9,20)17(16,22)23/h3-5,9-10H,1-2H3/t9-,10-,15+,16+/m0/s1. The Bertz CT molecular complexity index is 882. The van der Waals surface area contributed by atoms with Crippen molar-refractivity contribution < 1.29 is 9.59 Å². The molecule has 1 saturated heterocycles. The Balaban J connectivity index is 1.94. The Morgan fingerprint density at radius 2 is 1.35 bits per heavy atom. The van der Waals surface area contributed by atoms with Gasteiger partial charge in [0, 0.05) is 0 Å². The third-order valence-corrected chi connectivity index (χ3v) is 9.98. The molecule has 0 unspecified atom stereocenters. The van der Waals surface area contributed by atoms with Gasteiger partial charge in [0.1, 0.15) is 9.75 Å². The Hall–Kier alpha value is -0.160. The van der Waals surface area contributed by atoms with Gasteiger partial charge in [-0.05, 0) is 31.0 Å². The zero-order valence-electron chi connectivity index (χ0n) is 13.4. The van der Waals surface area contributed by atoms with Crippen molar-refractivity contribution in [3.05, 3.63) is 39.4 Å². The third-order valence-electron chi connectivity index (χ3n) is 5.73. The topological polar surface area (TPSA) is 37.4 Å². The van der Waals surface area contributed by atoms with Crippen LogP contribution < -0.4 is 4.90 Å². The molecule has 138 valence electrons.